The molecule has 0 aliphatic carbocycles. The van der Waals surface area contributed by atoms with Crippen molar-refractivity contribution >= 4 is 52.9 Å². The molecule has 3 rings (SSSR count). The highest BCUT2D eigenvalue weighted by molar-refractivity contribution is 6.52. The third-order valence-electron chi connectivity index (χ3n) is 5.01. The number of rotatable bonds is 1. The maximum Gasteiger partial charge on any atom is 0.263 e. The second-order valence-corrected chi connectivity index (χ2v) is 7.16. The van der Waals surface area contributed by atoms with E-state index in [0.717, 1.165) is 4.90 Å². The Morgan fingerprint density at radius 1 is 1.00 bits per heavy atom. The van der Waals surface area contributed by atoms with Gasteiger partial charge >= 0.3 is 0 Å². The van der Waals surface area contributed by atoms with Gasteiger partial charge in [0.1, 0.15) is 23.5 Å². The van der Waals surface area contributed by atoms with Gasteiger partial charge in [0, 0.05) is 5.69 Å². The topological polar surface area (TPSA) is 110 Å². The molecule has 1 unspecified atom stereocenters. The smallest absolute Gasteiger partial charge is 0.263 e. The van der Waals surface area contributed by atoms with Crippen LogP contribution >= 0.6 is 0 Å². The Balaban J connectivity index is 2.07. The van der Waals surface area contributed by atoms with E-state index in [2.05, 4.69) is 5.32 Å². The minimum Gasteiger partial charge on any atom is -0.398 e. The van der Waals surface area contributed by atoms with E-state index in [9.17, 15) is 19.2 Å². The Labute approximate surface area is 141 Å². The minimum atomic E-state index is -1.44. The lowest BCUT2D eigenvalue weighted by molar-refractivity contribution is -0.133. The predicted octanol–water partition coefficient (Wildman–Crippen LogP) is -2.99. The van der Waals surface area contributed by atoms with Crippen LogP contribution in [-0.4, -0.2) is 57.5 Å². The van der Waals surface area contributed by atoms with Gasteiger partial charge in [0.15, 0.2) is 0 Å². The summed E-state index contributed by atoms with van der Waals surface area (Å²) in [6, 6.07) is 4.64. The van der Waals surface area contributed by atoms with Gasteiger partial charge in [-0.25, -0.2) is 0 Å². The normalized spacial score (nSPS) is 26.1. The van der Waals surface area contributed by atoms with Gasteiger partial charge in [0.05, 0.1) is 16.6 Å². The zero-order chi connectivity index (χ0) is 17.9. The second kappa shape index (κ2) is 4.99. The Hall–Kier alpha value is -2.51. The van der Waals surface area contributed by atoms with Crippen molar-refractivity contribution in [1.82, 2.24) is 10.2 Å². The number of carbonyl (C=O) groups excluding carboxylic acids is 4. The minimum absolute atomic E-state index is 0.117. The molecule has 4 amide bonds. The van der Waals surface area contributed by atoms with Crippen molar-refractivity contribution in [2.75, 3.05) is 5.73 Å². The van der Waals surface area contributed by atoms with Crippen molar-refractivity contribution < 1.29 is 19.2 Å². The number of nitrogens with zero attached hydrogens (tertiary/aromatic N) is 1. The van der Waals surface area contributed by atoms with Crippen LogP contribution in [0.15, 0.2) is 18.2 Å². The van der Waals surface area contributed by atoms with Gasteiger partial charge in [-0.05, 0) is 23.8 Å². The van der Waals surface area contributed by atoms with Crippen LogP contribution < -0.4 is 11.1 Å². The Morgan fingerprint density at radius 3 is 2.29 bits per heavy atom. The molecule has 7 nitrogen and oxygen atoms in total. The molecule has 0 aromatic heterocycles. The van der Waals surface area contributed by atoms with Crippen LogP contribution in [0.1, 0.15) is 33.6 Å². The summed E-state index contributed by atoms with van der Waals surface area (Å²) in [5, 5.41) is 1.57. The summed E-state index contributed by atoms with van der Waals surface area (Å²) < 4.78 is 0. The van der Waals surface area contributed by atoms with Crippen LogP contribution in [0.2, 0.25) is 5.21 Å². The van der Waals surface area contributed by atoms with E-state index >= 15 is 0 Å². The molecule has 1 aromatic rings. The number of hydrogen-bond acceptors (Lipinski definition) is 5. The lowest BCUT2D eigenvalue weighted by atomic mass is 9.51. The summed E-state index contributed by atoms with van der Waals surface area (Å²) in [4.78, 5) is 51.3. The van der Waals surface area contributed by atoms with Gasteiger partial charge in [-0.15, -0.1) is 0 Å². The summed E-state index contributed by atoms with van der Waals surface area (Å²) in [5.74, 6) is -2.22. The second-order valence-electron chi connectivity index (χ2n) is 7.16. The largest absolute Gasteiger partial charge is 0.398 e. The van der Waals surface area contributed by atoms with Crippen LogP contribution in [0.3, 0.4) is 0 Å². The molecule has 0 radical (unpaired) electrons. The predicted molar refractivity (Wildman–Crippen MR) is 94.8 cm³/mol. The number of nitrogens with one attached hydrogen (secondary N) is 1. The quantitative estimate of drug-likeness (QED) is 0.326. The lowest BCUT2D eigenvalue weighted by Crippen LogP contribution is -2.61. The third-order valence-corrected chi connectivity index (χ3v) is 5.01. The van der Waals surface area contributed by atoms with Gasteiger partial charge in [-0.2, -0.15) is 0 Å². The highest BCUT2D eigenvalue weighted by atomic mass is 16.2. The molecule has 120 valence electrons. The molecule has 2 aliphatic rings. The fraction of sp³-hybridized carbons (Fsp3) is 0.286. The van der Waals surface area contributed by atoms with Crippen LogP contribution in [0.25, 0.3) is 0 Å². The number of anilines is 1. The number of amides is 4. The Morgan fingerprint density at radius 2 is 1.67 bits per heavy atom. The van der Waals surface area contributed by atoms with Crippen LogP contribution in [0.4, 0.5) is 5.69 Å². The lowest BCUT2D eigenvalue weighted by Gasteiger charge is -2.35. The number of benzene rings is 1. The van der Waals surface area contributed by atoms with Crippen molar-refractivity contribution in [2.24, 2.45) is 0 Å². The fourth-order valence-electron chi connectivity index (χ4n) is 3.16. The zero-order valence-corrected chi connectivity index (χ0v) is 13.8. The van der Waals surface area contributed by atoms with E-state index in [1.165, 1.54) is 20.0 Å². The van der Waals surface area contributed by atoms with E-state index in [1.807, 2.05) is 0 Å². The molecule has 10 heteroatoms. The number of hydrogen-bond donors (Lipinski definition) is 2. The van der Waals surface area contributed by atoms with Gasteiger partial charge in [0.25, 0.3) is 11.8 Å². The van der Waals surface area contributed by atoms with E-state index in [-0.39, 0.29) is 23.2 Å². The fourth-order valence-corrected chi connectivity index (χ4v) is 3.16. The molecule has 1 atom stereocenters. The highest BCUT2D eigenvalue weighted by Gasteiger charge is 2.53. The molecular formula is C14H16B3N3O4. The standard InChI is InChI=1S/C14H16B3N3O4/c15-13(16)4-5-14(17,12(24)19-11(13)23)20-9(21)6-2-1-3-7(18)8(6)10(20)22/h1-3H,4-5,15-18H2,(H,19,23,24). The van der Waals surface area contributed by atoms with Gasteiger partial charge < -0.3 is 5.73 Å². The maximum atomic E-state index is 12.8. The van der Waals surface area contributed by atoms with E-state index < -0.39 is 34.3 Å². The van der Waals surface area contributed by atoms with Gasteiger partial charge in [0.2, 0.25) is 11.8 Å². The molecule has 1 fully saturated rings. The summed E-state index contributed by atoms with van der Waals surface area (Å²) in [6.45, 7) is 0. The first-order valence-corrected chi connectivity index (χ1v) is 7.73. The van der Waals surface area contributed by atoms with Crippen molar-refractivity contribution in [1.29, 1.82) is 0 Å². The van der Waals surface area contributed by atoms with E-state index in [1.54, 1.807) is 21.8 Å². The molecular weight excluding hydrogens is 307 g/mol. The summed E-state index contributed by atoms with van der Waals surface area (Å²) >= 11 is 0. The molecule has 0 bridgehead atoms. The molecule has 0 spiro atoms. The maximum absolute atomic E-state index is 12.8. The molecule has 2 heterocycles. The molecule has 3 N–H and O–H groups in total. The van der Waals surface area contributed by atoms with Crippen LogP contribution in [-0.2, 0) is 9.59 Å². The number of nitrogen functional groups attached to an aromatic ring is 1. The van der Waals surface area contributed by atoms with Crippen molar-refractivity contribution in [3.05, 3.63) is 29.3 Å². The first kappa shape index (κ1) is 16.4. The number of fused-ring (bicyclic) bond motifs is 1. The molecule has 1 saturated heterocycles. The summed E-state index contributed by atoms with van der Waals surface area (Å²) in [6.07, 6.45) is 0.562. The van der Waals surface area contributed by atoms with Crippen LogP contribution in [0.5, 0.6) is 0 Å². The first-order chi connectivity index (χ1) is 11.1. The highest BCUT2D eigenvalue weighted by Crippen LogP contribution is 2.38. The third kappa shape index (κ3) is 2.09. The zero-order valence-electron chi connectivity index (χ0n) is 13.8. The average Bonchev–Trinajstić information content (AvgIpc) is 2.73. The number of nitrogens with two attached hydrogens (primary N) is 1. The number of carbonyl (C=O) groups is 4. The molecule has 2 aliphatic heterocycles. The molecule has 0 saturated carbocycles. The van der Waals surface area contributed by atoms with Crippen molar-refractivity contribution in [2.45, 2.75) is 23.5 Å². The average molecular weight is 323 g/mol. The Bertz CT molecular complexity index is 810. The van der Waals surface area contributed by atoms with Gasteiger partial charge in [-0.1, -0.05) is 12.5 Å². The Kier molecular flexibility index (Phi) is 3.40. The summed E-state index contributed by atoms with van der Waals surface area (Å²) in [7, 11) is 4.96. The van der Waals surface area contributed by atoms with E-state index in [0.29, 0.717) is 6.42 Å². The SMILES string of the molecule is BC1(B)CCC(B)(N2C(=O)c3cccc(N)c3C2=O)C(=O)NC1=O. The number of imide groups is 2. The molecule has 24 heavy (non-hydrogen) atoms. The van der Waals surface area contributed by atoms with Crippen molar-refractivity contribution in [3.63, 3.8) is 0 Å². The van der Waals surface area contributed by atoms with E-state index in [4.69, 9.17) is 5.73 Å². The molecule has 1 aromatic carbocycles. The monoisotopic (exact) mass is 323 g/mol. The first-order valence-electron chi connectivity index (χ1n) is 7.73. The van der Waals surface area contributed by atoms with Crippen LogP contribution in [0, 0.1) is 0 Å². The van der Waals surface area contributed by atoms with Crippen molar-refractivity contribution in [3.8, 4) is 0 Å². The van der Waals surface area contributed by atoms with Gasteiger partial charge in [-0.3, -0.25) is 29.4 Å². The summed E-state index contributed by atoms with van der Waals surface area (Å²) in [5.41, 5.74) is 4.89.